The van der Waals surface area contributed by atoms with Gasteiger partial charge in [0, 0.05) is 16.2 Å². The molecule has 110 valence electrons. The molecular weight excluding hydrogens is 286 g/mol. The van der Waals surface area contributed by atoms with Gasteiger partial charge in [0.1, 0.15) is 0 Å². The van der Waals surface area contributed by atoms with E-state index in [1.807, 2.05) is 60.7 Å². The minimum Gasteiger partial charge on any atom is -0.259 e. The summed E-state index contributed by atoms with van der Waals surface area (Å²) < 4.78 is 0. The van der Waals surface area contributed by atoms with E-state index in [9.17, 15) is 0 Å². The molecule has 4 aromatic rings. The number of para-hydroxylation sites is 1. The number of aromatic nitrogens is 3. The van der Waals surface area contributed by atoms with Crippen molar-refractivity contribution in [1.82, 2.24) is 15.2 Å². The summed E-state index contributed by atoms with van der Waals surface area (Å²) >= 11 is 0. The first-order valence-corrected chi connectivity index (χ1v) is 7.25. The molecule has 4 rings (SSSR count). The lowest BCUT2D eigenvalue weighted by atomic mass is 10.2. The second-order valence-electron chi connectivity index (χ2n) is 5.08. The molecule has 5 heteroatoms. The highest BCUT2D eigenvalue weighted by atomic mass is 15.3. The van der Waals surface area contributed by atoms with Crippen LogP contribution in [0.3, 0.4) is 0 Å². The molecule has 0 aliphatic heterocycles. The van der Waals surface area contributed by atoms with Gasteiger partial charge in [-0.15, -0.1) is 5.10 Å². The van der Waals surface area contributed by atoms with Crippen LogP contribution in [0.5, 0.6) is 0 Å². The van der Waals surface area contributed by atoms with Gasteiger partial charge in [0.05, 0.1) is 23.6 Å². The molecule has 0 aliphatic rings. The fraction of sp³-hybridized carbons (Fsp3) is 0. The van der Waals surface area contributed by atoms with Crippen molar-refractivity contribution in [2.45, 2.75) is 0 Å². The summed E-state index contributed by atoms with van der Waals surface area (Å²) in [4.78, 5) is 4.54. The zero-order chi connectivity index (χ0) is 15.5. The zero-order valence-corrected chi connectivity index (χ0v) is 12.2. The van der Waals surface area contributed by atoms with Gasteiger partial charge in [-0.3, -0.25) is 5.43 Å². The van der Waals surface area contributed by atoms with Gasteiger partial charge in [0.15, 0.2) is 5.82 Å². The van der Waals surface area contributed by atoms with Gasteiger partial charge < -0.3 is 0 Å². The molecule has 2 heterocycles. The number of hydrazone groups is 1. The molecule has 1 N–H and O–H groups in total. The minimum absolute atomic E-state index is 0.625. The van der Waals surface area contributed by atoms with Gasteiger partial charge in [-0.25, -0.2) is 4.98 Å². The quantitative estimate of drug-likeness (QED) is 0.463. The molecule has 0 spiro atoms. The molecule has 0 bridgehead atoms. The summed E-state index contributed by atoms with van der Waals surface area (Å²) in [5.41, 5.74) is 4.67. The number of rotatable bonds is 3. The summed E-state index contributed by atoms with van der Waals surface area (Å²) in [5, 5.41) is 15.4. The Morgan fingerprint density at radius 3 is 2.65 bits per heavy atom. The van der Waals surface area contributed by atoms with E-state index in [0.717, 1.165) is 27.4 Å². The van der Waals surface area contributed by atoms with Crippen molar-refractivity contribution >= 4 is 33.7 Å². The van der Waals surface area contributed by atoms with Crippen LogP contribution in [-0.2, 0) is 0 Å². The molecule has 2 aromatic heterocycles. The van der Waals surface area contributed by atoms with E-state index in [4.69, 9.17) is 0 Å². The Labute approximate surface area is 132 Å². The van der Waals surface area contributed by atoms with Crippen molar-refractivity contribution < 1.29 is 0 Å². The van der Waals surface area contributed by atoms with Gasteiger partial charge >= 0.3 is 0 Å². The molecule has 5 nitrogen and oxygen atoms in total. The SMILES string of the molecule is C(=N\Nc1nncc2ccccc12)/c1ccc2ccccc2n1. The van der Waals surface area contributed by atoms with Crippen LogP contribution in [0.25, 0.3) is 21.7 Å². The zero-order valence-electron chi connectivity index (χ0n) is 12.2. The van der Waals surface area contributed by atoms with Crippen LogP contribution < -0.4 is 5.43 Å². The Kier molecular flexibility index (Phi) is 3.37. The first-order valence-electron chi connectivity index (χ1n) is 7.25. The molecule has 0 aliphatic carbocycles. The molecule has 0 fully saturated rings. The summed E-state index contributed by atoms with van der Waals surface area (Å²) in [6.45, 7) is 0. The maximum atomic E-state index is 4.54. The van der Waals surface area contributed by atoms with Crippen LogP contribution in [0.1, 0.15) is 5.69 Å². The van der Waals surface area contributed by atoms with E-state index < -0.39 is 0 Å². The van der Waals surface area contributed by atoms with Gasteiger partial charge in [-0.05, 0) is 12.1 Å². The summed E-state index contributed by atoms with van der Waals surface area (Å²) in [7, 11) is 0. The van der Waals surface area contributed by atoms with E-state index in [0.29, 0.717) is 5.82 Å². The number of anilines is 1. The van der Waals surface area contributed by atoms with Crippen LogP contribution in [0.2, 0.25) is 0 Å². The Bertz CT molecular complexity index is 1000. The third-order valence-electron chi connectivity index (χ3n) is 3.56. The lowest BCUT2D eigenvalue weighted by Crippen LogP contribution is -1.97. The van der Waals surface area contributed by atoms with Crippen molar-refractivity contribution in [2.24, 2.45) is 5.10 Å². The maximum Gasteiger partial charge on any atom is 0.176 e. The first-order chi connectivity index (χ1) is 11.4. The number of hydrogen-bond donors (Lipinski definition) is 1. The second kappa shape index (κ2) is 5.81. The van der Waals surface area contributed by atoms with Gasteiger partial charge in [0.2, 0.25) is 0 Å². The van der Waals surface area contributed by atoms with Crippen molar-refractivity contribution in [3.8, 4) is 0 Å². The topological polar surface area (TPSA) is 63.1 Å². The van der Waals surface area contributed by atoms with Gasteiger partial charge in [-0.2, -0.15) is 10.2 Å². The second-order valence-corrected chi connectivity index (χ2v) is 5.08. The fourth-order valence-corrected chi connectivity index (χ4v) is 2.42. The molecule has 0 saturated carbocycles. The molecule has 0 unspecified atom stereocenters. The number of hydrogen-bond acceptors (Lipinski definition) is 5. The molecule has 0 amide bonds. The lowest BCUT2D eigenvalue weighted by Gasteiger charge is -2.03. The largest absolute Gasteiger partial charge is 0.259 e. The predicted molar refractivity (Wildman–Crippen MR) is 92.5 cm³/mol. The highest BCUT2D eigenvalue weighted by Gasteiger charge is 2.01. The molecule has 0 radical (unpaired) electrons. The van der Waals surface area contributed by atoms with Gasteiger partial charge in [0.25, 0.3) is 0 Å². The van der Waals surface area contributed by atoms with Crippen LogP contribution in [0.4, 0.5) is 5.82 Å². The Morgan fingerprint density at radius 1 is 0.870 bits per heavy atom. The standard InChI is InChI=1S/C18H13N5/c1-3-7-16-14(6-1)11-19-22-18(16)23-20-12-15-10-9-13-5-2-4-8-17(13)21-15/h1-12H,(H,22,23)/b20-12+. The lowest BCUT2D eigenvalue weighted by molar-refractivity contribution is 1.04. The first kappa shape index (κ1) is 13.3. The monoisotopic (exact) mass is 299 g/mol. The van der Waals surface area contributed by atoms with E-state index >= 15 is 0 Å². The molecule has 23 heavy (non-hydrogen) atoms. The maximum absolute atomic E-state index is 4.54. The Balaban J connectivity index is 1.60. The van der Waals surface area contributed by atoms with Gasteiger partial charge in [-0.1, -0.05) is 48.5 Å². The minimum atomic E-state index is 0.625. The predicted octanol–water partition coefficient (Wildman–Crippen LogP) is 3.62. The highest BCUT2D eigenvalue weighted by molar-refractivity contribution is 5.91. The number of fused-ring (bicyclic) bond motifs is 2. The van der Waals surface area contributed by atoms with Crippen LogP contribution >= 0.6 is 0 Å². The smallest absolute Gasteiger partial charge is 0.176 e. The van der Waals surface area contributed by atoms with E-state index in [1.165, 1.54) is 0 Å². The van der Waals surface area contributed by atoms with Crippen molar-refractivity contribution in [1.29, 1.82) is 0 Å². The normalized spacial score (nSPS) is 11.3. The number of nitrogens with zero attached hydrogens (tertiary/aromatic N) is 4. The van der Waals surface area contributed by atoms with Crippen LogP contribution in [0.15, 0.2) is 72.0 Å². The van der Waals surface area contributed by atoms with Crippen LogP contribution in [0, 0.1) is 0 Å². The van der Waals surface area contributed by atoms with Crippen molar-refractivity contribution in [3.63, 3.8) is 0 Å². The summed E-state index contributed by atoms with van der Waals surface area (Å²) in [5.74, 6) is 0.625. The molecule has 2 aromatic carbocycles. The average Bonchev–Trinajstić information content (AvgIpc) is 2.62. The van der Waals surface area contributed by atoms with Crippen LogP contribution in [-0.4, -0.2) is 21.4 Å². The molecule has 0 saturated heterocycles. The third kappa shape index (κ3) is 2.72. The Morgan fingerprint density at radius 2 is 1.70 bits per heavy atom. The average molecular weight is 299 g/mol. The summed E-state index contributed by atoms with van der Waals surface area (Å²) in [6, 6.07) is 19.9. The van der Waals surface area contributed by atoms with E-state index in [2.05, 4.69) is 25.7 Å². The fourth-order valence-electron chi connectivity index (χ4n) is 2.42. The third-order valence-corrected chi connectivity index (χ3v) is 3.56. The number of nitrogens with one attached hydrogen (secondary N) is 1. The Hall–Kier alpha value is -3.34. The highest BCUT2D eigenvalue weighted by Crippen LogP contribution is 2.19. The number of pyridine rings is 1. The van der Waals surface area contributed by atoms with E-state index in [1.54, 1.807) is 12.4 Å². The van der Waals surface area contributed by atoms with Crippen molar-refractivity contribution in [2.75, 3.05) is 5.43 Å². The number of benzene rings is 2. The summed E-state index contributed by atoms with van der Waals surface area (Å²) in [6.07, 6.45) is 3.41. The van der Waals surface area contributed by atoms with E-state index in [-0.39, 0.29) is 0 Å². The molecular formula is C18H13N5. The molecule has 0 atom stereocenters. The van der Waals surface area contributed by atoms with Crippen molar-refractivity contribution in [3.05, 3.63) is 72.6 Å².